The van der Waals surface area contributed by atoms with Gasteiger partial charge in [-0.2, -0.15) is 0 Å². The van der Waals surface area contributed by atoms with Gasteiger partial charge in [-0.1, -0.05) is 74.3 Å². The van der Waals surface area contributed by atoms with Gasteiger partial charge in [0.05, 0.1) is 10.6 Å². The second-order valence-electron chi connectivity index (χ2n) is 8.42. The van der Waals surface area contributed by atoms with Crippen LogP contribution in [0.25, 0.3) is 6.08 Å². The summed E-state index contributed by atoms with van der Waals surface area (Å²) in [4.78, 5) is 31.7. The van der Waals surface area contributed by atoms with E-state index in [1.807, 2.05) is 48.5 Å². The van der Waals surface area contributed by atoms with Gasteiger partial charge in [-0.25, -0.2) is 0 Å². The van der Waals surface area contributed by atoms with Crippen molar-refractivity contribution in [2.45, 2.75) is 44.4 Å². The minimum atomic E-state index is -0.175. The van der Waals surface area contributed by atoms with Crippen molar-refractivity contribution in [1.82, 2.24) is 10.2 Å². The predicted octanol–water partition coefficient (Wildman–Crippen LogP) is 5.84. The van der Waals surface area contributed by atoms with Crippen LogP contribution in [0.15, 0.2) is 58.3 Å². The highest BCUT2D eigenvalue weighted by Crippen LogP contribution is 2.41. The molecule has 0 saturated carbocycles. The van der Waals surface area contributed by atoms with E-state index in [-0.39, 0.29) is 18.4 Å². The van der Waals surface area contributed by atoms with Crippen LogP contribution >= 0.6 is 23.4 Å². The van der Waals surface area contributed by atoms with Crippen molar-refractivity contribution in [2.24, 2.45) is 0 Å². The quantitative estimate of drug-likeness (QED) is 0.373. The molecule has 0 unspecified atom stereocenters. The van der Waals surface area contributed by atoms with E-state index < -0.39 is 0 Å². The Bertz CT molecular complexity index is 1000. The molecule has 1 aliphatic heterocycles. The second kappa shape index (κ2) is 13.6. The van der Waals surface area contributed by atoms with Crippen LogP contribution in [0.5, 0.6) is 0 Å². The largest absolute Gasteiger partial charge is 0.353 e. The summed E-state index contributed by atoms with van der Waals surface area (Å²) in [5, 5.41) is 3.64. The van der Waals surface area contributed by atoms with E-state index >= 15 is 0 Å². The summed E-state index contributed by atoms with van der Waals surface area (Å²) in [7, 11) is 0. The van der Waals surface area contributed by atoms with Gasteiger partial charge >= 0.3 is 0 Å². The van der Waals surface area contributed by atoms with Crippen LogP contribution in [0, 0.1) is 0 Å². The Hall–Kier alpha value is -2.28. The van der Waals surface area contributed by atoms with Crippen molar-refractivity contribution >= 4 is 46.9 Å². The number of thioether (sulfide) groups is 1. The van der Waals surface area contributed by atoms with E-state index in [0.29, 0.717) is 16.5 Å². The highest BCUT2D eigenvalue weighted by molar-refractivity contribution is 8.04. The van der Waals surface area contributed by atoms with Crippen molar-refractivity contribution in [3.63, 3.8) is 0 Å². The van der Waals surface area contributed by atoms with Crippen molar-refractivity contribution in [3.8, 4) is 0 Å². The third-order valence-corrected chi connectivity index (χ3v) is 7.00. The first-order valence-corrected chi connectivity index (χ1v) is 13.3. The maximum Gasteiger partial charge on any atom is 0.265 e. The first-order chi connectivity index (χ1) is 16.5. The average Bonchev–Trinajstić information content (AvgIpc) is 2.83. The number of unbranched alkanes of at least 4 members (excludes halogenated alkanes) is 2. The van der Waals surface area contributed by atoms with Crippen LogP contribution < -0.4 is 10.2 Å². The molecule has 1 N–H and O–H groups in total. The minimum Gasteiger partial charge on any atom is -0.353 e. The molecule has 34 heavy (non-hydrogen) atoms. The van der Waals surface area contributed by atoms with E-state index in [9.17, 15) is 9.59 Å². The molecule has 0 bridgehead atoms. The summed E-state index contributed by atoms with van der Waals surface area (Å²) in [6.45, 7) is 7.90. The molecule has 3 rings (SSSR count). The van der Waals surface area contributed by atoms with E-state index in [4.69, 9.17) is 11.6 Å². The summed E-state index contributed by atoms with van der Waals surface area (Å²) in [5.41, 5.74) is 1.62. The highest BCUT2D eigenvalue weighted by atomic mass is 35.5. The van der Waals surface area contributed by atoms with Gasteiger partial charge in [0.25, 0.3) is 5.91 Å². The average molecular weight is 500 g/mol. The monoisotopic (exact) mass is 499 g/mol. The molecule has 0 aromatic heterocycles. The molecule has 2 amide bonds. The Morgan fingerprint density at radius 1 is 1.06 bits per heavy atom. The van der Waals surface area contributed by atoms with Crippen LogP contribution in [0.2, 0.25) is 5.02 Å². The van der Waals surface area contributed by atoms with Crippen LogP contribution in [0.3, 0.4) is 0 Å². The molecule has 1 heterocycles. The summed E-state index contributed by atoms with van der Waals surface area (Å²) < 4.78 is 0. The van der Waals surface area contributed by atoms with Gasteiger partial charge in [-0.05, 0) is 61.8 Å². The lowest BCUT2D eigenvalue weighted by atomic mass is 10.2. The number of amides is 2. The molecule has 5 nitrogen and oxygen atoms in total. The molecule has 2 aromatic rings. The number of hydrogen-bond acceptors (Lipinski definition) is 4. The number of halogens is 1. The predicted molar refractivity (Wildman–Crippen MR) is 143 cm³/mol. The Balaban J connectivity index is 1.67. The Morgan fingerprint density at radius 3 is 2.50 bits per heavy atom. The number of anilines is 1. The fraction of sp³-hybridized carbons (Fsp3) is 0.407. The van der Waals surface area contributed by atoms with E-state index in [2.05, 4.69) is 24.1 Å². The molecule has 2 aromatic carbocycles. The second-order valence-corrected chi connectivity index (χ2v) is 9.94. The fourth-order valence-corrected chi connectivity index (χ4v) is 5.08. The summed E-state index contributed by atoms with van der Waals surface area (Å²) in [6.07, 6.45) is 6.48. The molecule has 0 aliphatic carbocycles. The van der Waals surface area contributed by atoms with Gasteiger partial charge in [0.2, 0.25) is 5.91 Å². The third-order valence-electron chi connectivity index (χ3n) is 5.69. The number of benzene rings is 2. The molecule has 0 spiro atoms. The molecule has 0 saturated heterocycles. The van der Waals surface area contributed by atoms with E-state index in [0.717, 1.165) is 61.5 Å². The zero-order valence-corrected chi connectivity index (χ0v) is 21.6. The smallest absolute Gasteiger partial charge is 0.265 e. The Kier molecular flexibility index (Phi) is 10.5. The molecular weight excluding hydrogens is 466 g/mol. The van der Waals surface area contributed by atoms with Crippen molar-refractivity contribution in [1.29, 1.82) is 0 Å². The number of nitrogens with one attached hydrogen (secondary N) is 1. The van der Waals surface area contributed by atoms with Crippen LogP contribution in [0.4, 0.5) is 5.69 Å². The van der Waals surface area contributed by atoms with Gasteiger partial charge in [0.15, 0.2) is 0 Å². The topological polar surface area (TPSA) is 52.7 Å². The molecular formula is C27H34ClN3O2S. The molecule has 0 fully saturated rings. The SMILES string of the molecule is CCCCN(CCCC)CCNC(=O)CN1C(=O)/C(=C\c2cccc(Cl)c2)Sc2ccccc21. The lowest BCUT2D eigenvalue weighted by Crippen LogP contribution is -2.44. The van der Waals surface area contributed by atoms with E-state index in [1.165, 1.54) is 11.8 Å². The van der Waals surface area contributed by atoms with Gasteiger partial charge in [0.1, 0.15) is 6.54 Å². The van der Waals surface area contributed by atoms with Gasteiger partial charge < -0.3 is 10.2 Å². The van der Waals surface area contributed by atoms with Gasteiger partial charge in [-0.15, -0.1) is 0 Å². The standard InChI is InChI=1S/C27H34ClN3O2S/c1-3-5-15-30(16-6-4-2)17-14-29-26(32)20-31-23-12-7-8-13-24(23)34-25(27(31)33)19-21-10-9-11-22(28)18-21/h7-13,18-19H,3-6,14-17,20H2,1-2H3,(H,29,32)/b25-19+. The zero-order valence-electron chi connectivity index (χ0n) is 20.1. The van der Waals surface area contributed by atoms with Crippen LogP contribution in [-0.2, 0) is 9.59 Å². The van der Waals surface area contributed by atoms with Gasteiger partial charge in [-0.3, -0.25) is 14.5 Å². The Morgan fingerprint density at radius 2 is 1.79 bits per heavy atom. The molecule has 0 atom stereocenters. The third kappa shape index (κ3) is 7.62. The number of para-hydroxylation sites is 1. The first kappa shape index (κ1) is 26.3. The maximum absolute atomic E-state index is 13.3. The lowest BCUT2D eigenvalue weighted by Gasteiger charge is -2.30. The minimum absolute atomic E-state index is 0.00673. The lowest BCUT2D eigenvalue weighted by molar-refractivity contribution is -0.122. The summed E-state index contributed by atoms with van der Waals surface area (Å²) in [5.74, 6) is -0.325. The van der Waals surface area contributed by atoms with Crippen molar-refractivity contribution in [3.05, 3.63) is 64.0 Å². The normalized spacial score (nSPS) is 14.5. The number of nitrogens with zero attached hydrogens (tertiary/aromatic N) is 2. The highest BCUT2D eigenvalue weighted by Gasteiger charge is 2.30. The number of carbonyl (C=O) groups is 2. The molecule has 7 heteroatoms. The first-order valence-electron chi connectivity index (χ1n) is 12.1. The molecule has 0 radical (unpaired) electrons. The number of rotatable bonds is 12. The fourth-order valence-electron chi connectivity index (χ4n) is 3.82. The summed E-state index contributed by atoms with van der Waals surface area (Å²) >= 11 is 7.54. The number of carbonyl (C=O) groups excluding carboxylic acids is 2. The maximum atomic E-state index is 13.3. The summed E-state index contributed by atoms with van der Waals surface area (Å²) in [6, 6.07) is 15.1. The van der Waals surface area contributed by atoms with Crippen molar-refractivity contribution in [2.75, 3.05) is 37.6 Å². The zero-order chi connectivity index (χ0) is 24.3. The Labute approximate surface area is 212 Å². The molecule has 1 aliphatic rings. The van der Waals surface area contributed by atoms with Crippen molar-refractivity contribution < 1.29 is 9.59 Å². The van der Waals surface area contributed by atoms with E-state index in [1.54, 1.807) is 11.0 Å². The molecule has 182 valence electrons. The number of fused-ring (bicyclic) bond motifs is 1. The van der Waals surface area contributed by atoms with Crippen LogP contribution in [0.1, 0.15) is 45.1 Å². The van der Waals surface area contributed by atoms with Gasteiger partial charge in [0, 0.05) is 23.0 Å². The number of hydrogen-bond donors (Lipinski definition) is 1. The van der Waals surface area contributed by atoms with Crippen LogP contribution in [-0.4, -0.2) is 49.4 Å².